The molecular weight excluding hydrogens is 257 g/mol. The molecule has 6 heteroatoms. The minimum Gasteiger partial charge on any atom is -0.366 e. The van der Waals surface area contributed by atoms with Gasteiger partial charge in [-0.2, -0.15) is 0 Å². The average molecular weight is 275 g/mol. The number of nitrogens with two attached hydrogens (primary N) is 1. The van der Waals surface area contributed by atoms with Crippen molar-refractivity contribution in [1.82, 2.24) is 9.97 Å². The quantitative estimate of drug-likeness (QED) is 0.577. The molecule has 0 radical (unpaired) electrons. The molecule has 0 spiro atoms. The number of hydrogen-bond donors (Lipinski definition) is 3. The Morgan fingerprint density at radius 3 is 2.60 bits per heavy atom. The molecule has 1 aromatic heterocycles. The predicted molar refractivity (Wildman–Crippen MR) is 77.7 cm³/mol. The molecule has 1 heterocycles. The van der Waals surface area contributed by atoms with E-state index >= 15 is 0 Å². The van der Waals surface area contributed by atoms with Gasteiger partial charge in [-0.05, 0) is 17.7 Å². The molecule has 2 rings (SSSR count). The van der Waals surface area contributed by atoms with Gasteiger partial charge in [-0.3, -0.25) is 0 Å². The van der Waals surface area contributed by atoms with Crippen molar-refractivity contribution in [3.05, 3.63) is 47.5 Å². The molecule has 0 bridgehead atoms. The van der Waals surface area contributed by atoms with Crippen molar-refractivity contribution in [3.8, 4) is 0 Å². The largest absolute Gasteiger partial charge is 0.366 e. The number of aromatic nitrogens is 2. The van der Waals surface area contributed by atoms with Crippen LogP contribution in [0.3, 0.4) is 0 Å². The van der Waals surface area contributed by atoms with Crippen LogP contribution in [-0.2, 0) is 6.54 Å². The van der Waals surface area contributed by atoms with Crippen LogP contribution in [0.2, 0.25) is 0 Å². The Morgan fingerprint density at radius 1 is 1.20 bits per heavy atom. The number of halogens is 1. The fraction of sp³-hybridized carbons (Fsp3) is 0.286. The standard InChI is InChI=1S/C14H18FN5/c1-9(2)14-18-12(7-13(19-14)20-16)17-8-10-4-3-5-11(15)6-10/h3-7,9H,8,16H2,1-2H3,(H2,17,18,19,20). The highest BCUT2D eigenvalue weighted by Crippen LogP contribution is 2.17. The second kappa shape index (κ2) is 6.29. The van der Waals surface area contributed by atoms with Crippen molar-refractivity contribution < 1.29 is 4.39 Å². The summed E-state index contributed by atoms with van der Waals surface area (Å²) >= 11 is 0. The molecular formula is C14H18FN5. The molecule has 0 aliphatic heterocycles. The topological polar surface area (TPSA) is 75.9 Å². The molecule has 0 fully saturated rings. The molecule has 0 aliphatic carbocycles. The first-order valence-corrected chi connectivity index (χ1v) is 6.42. The van der Waals surface area contributed by atoms with Crippen molar-refractivity contribution in [2.75, 3.05) is 10.7 Å². The summed E-state index contributed by atoms with van der Waals surface area (Å²) in [6.07, 6.45) is 0. The summed E-state index contributed by atoms with van der Waals surface area (Å²) in [5.74, 6) is 7.24. The smallest absolute Gasteiger partial charge is 0.145 e. The summed E-state index contributed by atoms with van der Waals surface area (Å²) < 4.78 is 13.1. The lowest BCUT2D eigenvalue weighted by Gasteiger charge is -2.11. The molecule has 4 N–H and O–H groups in total. The van der Waals surface area contributed by atoms with Crippen LogP contribution in [0.5, 0.6) is 0 Å². The summed E-state index contributed by atoms with van der Waals surface area (Å²) in [5, 5.41) is 3.14. The van der Waals surface area contributed by atoms with Gasteiger partial charge in [-0.25, -0.2) is 20.2 Å². The highest BCUT2D eigenvalue weighted by Gasteiger charge is 2.07. The van der Waals surface area contributed by atoms with E-state index in [9.17, 15) is 4.39 Å². The Morgan fingerprint density at radius 2 is 1.95 bits per heavy atom. The molecule has 0 saturated heterocycles. The number of rotatable bonds is 5. The lowest BCUT2D eigenvalue weighted by atomic mass is 10.2. The first kappa shape index (κ1) is 14.2. The maximum atomic E-state index is 13.1. The van der Waals surface area contributed by atoms with Gasteiger partial charge >= 0.3 is 0 Å². The van der Waals surface area contributed by atoms with E-state index in [2.05, 4.69) is 20.7 Å². The molecule has 0 aliphatic rings. The van der Waals surface area contributed by atoms with E-state index in [1.165, 1.54) is 12.1 Å². The Labute approximate surface area is 117 Å². The molecule has 0 unspecified atom stereocenters. The van der Waals surface area contributed by atoms with Gasteiger partial charge in [0.15, 0.2) is 0 Å². The number of nitrogens with zero attached hydrogens (tertiary/aromatic N) is 2. The van der Waals surface area contributed by atoms with Crippen LogP contribution < -0.4 is 16.6 Å². The van der Waals surface area contributed by atoms with E-state index in [1.807, 2.05) is 19.9 Å². The van der Waals surface area contributed by atoms with Gasteiger partial charge in [0.1, 0.15) is 23.3 Å². The molecule has 0 amide bonds. The third-order valence-electron chi connectivity index (χ3n) is 2.77. The lowest BCUT2D eigenvalue weighted by molar-refractivity contribution is 0.626. The monoisotopic (exact) mass is 275 g/mol. The van der Waals surface area contributed by atoms with Crippen LogP contribution in [0.1, 0.15) is 31.2 Å². The van der Waals surface area contributed by atoms with Crippen LogP contribution in [0.25, 0.3) is 0 Å². The van der Waals surface area contributed by atoms with Gasteiger partial charge in [0.05, 0.1) is 0 Å². The molecule has 2 aromatic rings. The minimum atomic E-state index is -0.251. The first-order chi connectivity index (χ1) is 9.58. The first-order valence-electron chi connectivity index (χ1n) is 6.42. The van der Waals surface area contributed by atoms with Gasteiger partial charge in [-0.15, -0.1) is 0 Å². The van der Waals surface area contributed by atoms with Gasteiger partial charge in [0.25, 0.3) is 0 Å². The van der Waals surface area contributed by atoms with Crippen LogP contribution >= 0.6 is 0 Å². The maximum absolute atomic E-state index is 13.1. The Balaban J connectivity index is 2.14. The zero-order valence-electron chi connectivity index (χ0n) is 11.5. The fourth-order valence-corrected chi connectivity index (χ4v) is 1.73. The Hall–Kier alpha value is -2.21. The minimum absolute atomic E-state index is 0.193. The third-order valence-corrected chi connectivity index (χ3v) is 2.77. The number of anilines is 2. The van der Waals surface area contributed by atoms with E-state index in [1.54, 1.807) is 12.1 Å². The SMILES string of the molecule is CC(C)c1nc(NN)cc(NCc2cccc(F)c2)n1. The molecule has 1 aromatic carbocycles. The van der Waals surface area contributed by atoms with Crippen molar-refractivity contribution in [3.63, 3.8) is 0 Å². The highest BCUT2D eigenvalue weighted by molar-refractivity contribution is 5.47. The second-order valence-electron chi connectivity index (χ2n) is 4.78. The van der Waals surface area contributed by atoms with Crippen LogP contribution in [0, 0.1) is 5.82 Å². The highest BCUT2D eigenvalue weighted by atomic mass is 19.1. The number of hydrazine groups is 1. The number of nitrogen functional groups attached to an aromatic ring is 1. The van der Waals surface area contributed by atoms with Crippen molar-refractivity contribution >= 4 is 11.6 Å². The number of nitrogens with one attached hydrogen (secondary N) is 2. The number of benzene rings is 1. The zero-order chi connectivity index (χ0) is 14.5. The van der Waals surface area contributed by atoms with Gasteiger partial charge in [0.2, 0.25) is 0 Å². The van der Waals surface area contributed by atoms with E-state index in [-0.39, 0.29) is 11.7 Å². The van der Waals surface area contributed by atoms with E-state index in [0.717, 1.165) is 5.56 Å². The molecule has 0 saturated carbocycles. The average Bonchev–Trinajstić information content (AvgIpc) is 2.45. The maximum Gasteiger partial charge on any atom is 0.145 e. The molecule has 20 heavy (non-hydrogen) atoms. The summed E-state index contributed by atoms with van der Waals surface area (Å²) in [4.78, 5) is 8.68. The van der Waals surface area contributed by atoms with Gasteiger partial charge in [0, 0.05) is 18.5 Å². The van der Waals surface area contributed by atoms with Crippen molar-refractivity contribution in [2.45, 2.75) is 26.3 Å². The molecule has 106 valence electrons. The van der Waals surface area contributed by atoms with Gasteiger partial charge < -0.3 is 10.7 Å². The summed E-state index contributed by atoms with van der Waals surface area (Å²) in [7, 11) is 0. The second-order valence-corrected chi connectivity index (χ2v) is 4.78. The van der Waals surface area contributed by atoms with Crippen LogP contribution in [-0.4, -0.2) is 9.97 Å². The zero-order valence-corrected chi connectivity index (χ0v) is 11.5. The third kappa shape index (κ3) is 3.64. The number of hydrogen-bond acceptors (Lipinski definition) is 5. The van der Waals surface area contributed by atoms with Crippen LogP contribution in [0.15, 0.2) is 30.3 Å². The summed E-state index contributed by atoms with van der Waals surface area (Å²) in [6, 6.07) is 8.15. The van der Waals surface area contributed by atoms with Crippen molar-refractivity contribution in [1.29, 1.82) is 0 Å². The Kier molecular flexibility index (Phi) is 4.47. The van der Waals surface area contributed by atoms with E-state index < -0.39 is 0 Å². The van der Waals surface area contributed by atoms with E-state index in [0.29, 0.717) is 24.0 Å². The van der Waals surface area contributed by atoms with Crippen LogP contribution in [0.4, 0.5) is 16.0 Å². The lowest BCUT2D eigenvalue weighted by Crippen LogP contribution is -2.13. The van der Waals surface area contributed by atoms with E-state index in [4.69, 9.17) is 5.84 Å². The predicted octanol–water partition coefficient (Wildman–Crippen LogP) is 2.64. The molecule has 0 atom stereocenters. The van der Waals surface area contributed by atoms with Gasteiger partial charge in [-0.1, -0.05) is 26.0 Å². The molecule has 5 nitrogen and oxygen atoms in total. The summed E-state index contributed by atoms with van der Waals surface area (Å²) in [5.41, 5.74) is 3.36. The normalized spacial score (nSPS) is 10.7. The van der Waals surface area contributed by atoms with Crippen molar-refractivity contribution in [2.24, 2.45) is 5.84 Å². The fourth-order valence-electron chi connectivity index (χ4n) is 1.73. The summed E-state index contributed by atoms with van der Waals surface area (Å²) in [6.45, 7) is 4.49. The Bertz CT molecular complexity index is 586.